The Morgan fingerprint density at radius 1 is 1.53 bits per heavy atom. The normalized spacial score (nSPS) is 15.0. The summed E-state index contributed by atoms with van der Waals surface area (Å²) in [7, 11) is 0. The van der Waals surface area contributed by atoms with Gasteiger partial charge in [0.05, 0.1) is 12.1 Å². The zero-order valence-electron chi connectivity index (χ0n) is 8.99. The van der Waals surface area contributed by atoms with E-state index in [4.69, 9.17) is 5.11 Å². The number of fused-ring (bicyclic) bond motifs is 1. The SMILES string of the molecule is Cc1nc2n(c1CCC(=O)O)CCCC2. The van der Waals surface area contributed by atoms with Crippen molar-refractivity contribution in [1.82, 2.24) is 9.55 Å². The van der Waals surface area contributed by atoms with Crippen molar-refractivity contribution in [3.05, 3.63) is 17.2 Å². The summed E-state index contributed by atoms with van der Waals surface area (Å²) in [5, 5.41) is 8.68. The molecule has 1 N–H and O–H groups in total. The van der Waals surface area contributed by atoms with Gasteiger partial charge in [0.15, 0.2) is 0 Å². The fourth-order valence-electron chi connectivity index (χ4n) is 2.22. The molecule has 0 aliphatic carbocycles. The lowest BCUT2D eigenvalue weighted by Gasteiger charge is -2.16. The van der Waals surface area contributed by atoms with Gasteiger partial charge in [0.25, 0.3) is 0 Å². The van der Waals surface area contributed by atoms with Gasteiger partial charge >= 0.3 is 5.97 Å². The fourth-order valence-corrected chi connectivity index (χ4v) is 2.22. The molecule has 15 heavy (non-hydrogen) atoms. The number of nitrogens with zero attached hydrogens (tertiary/aromatic N) is 2. The third kappa shape index (κ3) is 2.03. The van der Waals surface area contributed by atoms with Crippen molar-refractivity contribution < 1.29 is 9.90 Å². The lowest BCUT2D eigenvalue weighted by Crippen LogP contribution is -2.14. The molecule has 0 atom stereocenters. The van der Waals surface area contributed by atoms with Gasteiger partial charge in [0.1, 0.15) is 5.82 Å². The average molecular weight is 208 g/mol. The molecule has 0 bridgehead atoms. The third-order valence-electron chi connectivity index (χ3n) is 2.96. The van der Waals surface area contributed by atoms with Crippen molar-refractivity contribution in [1.29, 1.82) is 0 Å². The second kappa shape index (κ2) is 4.04. The molecular formula is C11H16N2O2. The molecule has 0 amide bonds. The molecule has 2 rings (SSSR count). The van der Waals surface area contributed by atoms with Crippen LogP contribution in [0.1, 0.15) is 36.5 Å². The Bertz CT molecular complexity index is 382. The van der Waals surface area contributed by atoms with E-state index in [0.717, 1.165) is 30.2 Å². The molecule has 1 aromatic heterocycles. The van der Waals surface area contributed by atoms with Crippen LogP contribution in [0, 0.1) is 6.92 Å². The van der Waals surface area contributed by atoms with Crippen LogP contribution in [0.2, 0.25) is 0 Å². The molecule has 1 aliphatic heterocycles. The number of hydrogen-bond donors (Lipinski definition) is 1. The van der Waals surface area contributed by atoms with E-state index in [2.05, 4.69) is 9.55 Å². The zero-order chi connectivity index (χ0) is 10.8. The highest BCUT2D eigenvalue weighted by Gasteiger charge is 2.17. The largest absolute Gasteiger partial charge is 0.481 e. The lowest BCUT2D eigenvalue weighted by atomic mass is 10.1. The molecule has 0 unspecified atom stereocenters. The molecule has 0 fully saturated rings. The minimum Gasteiger partial charge on any atom is -0.481 e. The number of carboxylic acid groups (broad SMARTS) is 1. The molecule has 4 heteroatoms. The summed E-state index contributed by atoms with van der Waals surface area (Å²) >= 11 is 0. The Hall–Kier alpha value is -1.32. The highest BCUT2D eigenvalue weighted by atomic mass is 16.4. The van der Waals surface area contributed by atoms with Crippen LogP contribution in [0.25, 0.3) is 0 Å². The summed E-state index contributed by atoms with van der Waals surface area (Å²) in [6.07, 6.45) is 4.23. The quantitative estimate of drug-likeness (QED) is 0.819. The summed E-state index contributed by atoms with van der Waals surface area (Å²) in [5.41, 5.74) is 2.13. The predicted molar refractivity (Wildman–Crippen MR) is 55.9 cm³/mol. The Kier molecular flexibility index (Phi) is 2.75. The standard InChI is InChI=1S/C11H16N2O2/c1-8-9(5-6-11(14)15)13-7-3-2-4-10(13)12-8/h2-7H2,1H3,(H,14,15). The van der Waals surface area contributed by atoms with E-state index in [-0.39, 0.29) is 6.42 Å². The van der Waals surface area contributed by atoms with Crippen molar-refractivity contribution in [2.75, 3.05) is 0 Å². The predicted octanol–water partition coefficient (Wildman–Crippen LogP) is 1.55. The summed E-state index contributed by atoms with van der Waals surface area (Å²) in [4.78, 5) is 15.0. The number of aryl methyl sites for hydroxylation is 2. The van der Waals surface area contributed by atoms with Gasteiger partial charge in [-0.3, -0.25) is 4.79 Å². The second-order valence-electron chi connectivity index (χ2n) is 4.06. The van der Waals surface area contributed by atoms with Crippen LogP contribution in [-0.4, -0.2) is 20.6 Å². The van der Waals surface area contributed by atoms with Crippen LogP contribution in [0.4, 0.5) is 0 Å². The maximum atomic E-state index is 10.5. The minimum atomic E-state index is -0.735. The molecule has 0 radical (unpaired) electrons. The molecule has 4 nitrogen and oxygen atoms in total. The monoisotopic (exact) mass is 208 g/mol. The van der Waals surface area contributed by atoms with Crippen LogP contribution >= 0.6 is 0 Å². The van der Waals surface area contributed by atoms with E-state index in [1.807, 2.05) is 6.92 Å². The lowest BCUT2D eigenvalue weighted by molar-refractivity contribution is -0.136. The summed E-state index contributed by atoms with van der Waals surface area (Å²) < 4.78 is 2.21. The zero-order valence-corrected chi connectivity index (χ0v) is 8.99. The first kappa shape index (κ1) is 10.2. The van der Waals surface area contributed by atoms with Gasteiger partial charge in [-0.2, -0.15) is 0 Å². The first-order chi connectivity index (χ1) is 7.18. The second-order valence-corrected chi connectivity index (χ2v) is 4.06. The van der Waals surface area contributed by atoms with E-state index >= 15 is 0 Å². The molecule has 2 heterocycles. The van der Waals surface area contributed by atoms with Crippen LogP contribution in [0.15, 0.2) is 0 Å². The number of carbonyl (C=O) groups is 1. The van der Waals surface area contributed by atoms with Crippen molar-refractivity contribution in [2.45, 2.75) is 45.6 Å². The first-order valence-corrected chi connectivity index (χ1v) is 5.45. The summed E-state index contributed by atoms with van der Waals surface area (Å²) in [5.74, 6) is 0.403. The molecule has 1 aliphatic rings. The van der Waals surface area contributed by atoms with Gasteiger partial charge in [-0.25, -0.2) is 4.98 Å². The van der Waals surface area contributed by atoms with E-state index < -0.39 is 5.97 Å². The molecule has 82 valence electrons. The molecule has 1 aromatic rings. The molecule has 0 saturated heterocycles. The van der Waals surface area contributed by atoms with E-state index in [0.29, 0.717) is 6.42 Å². The highest BCUT2D eigenvalue weighted by molar-refractivity contribution is 5.67. The average Bonchev–Trinajstić information content (AvgIpc) is 2.50. The van der Waals surface area contributed by atoms with Gasteiger partial charge < -0.3 is 9.67 Å². The minimum absolute atomic E-state index is 0.200. The number of aliphatic carboxylic acids is 1. The van der Waals surface area contributed by atoms with E-state index in [1.165, 1.54) is 12.8 Å². The number of hydrogen-bond acceptors (Lipinski definition) is 2. The summed E-state index contributed by atoms with van der Waals surface area (Å²) in [6.45, 7) is 2.98. The number of carboxylic acids is 1. The van der Waals surface area contributed by atoms with E-state index in [9.17, 15) is 4.79 Å². The van der Waals surface area contributed by atoms with Gasteiger partial charge in [0, 0.05) is 18.7 Å². The Labute approximate surface area is 88.9 Å². The molecular weight excluding hydrogens is 192 g/mol. The smallest absolute Gasteiger partial charge is 0.303 e. The Balaban J connectivity index is 2.21. The van der Waals surface area contributed by atoms with Gasteiger partial charge in [-0.15, -0.1) is 0 Å². The van der Waals surface area contributed by atoms with Crippen molar-refractivity contribution in [2.24, 2.45) is 0 Å². The van der Waals surface area contributed by atoms with Crippen LogP contribution in [0.5, 0.6) is 0 Å². The Morgan fingerprint density at radius 2 is 2.33 bits per heavy atom. The molecule has 0 aromatic carbocycles. The van der Waals surface area contributed by atoms with Crippen molar-refractivity contribution in [3.8, 4) is 0 Å². The van der Waals surface area contributed by atoms with Gasteiger partial charge in [-0.05, 0) is 26.2 Å². The maximum absolute atomic E-state index is 10.5. The number of aromatic nitrogens is 2. The molecule has 0 saturated carbocycles. The first-order valence-electron chi connectivity index (χ1n) is 5.45. The van der Waals surface area contributed by atoms with Crippen LogP contribution in [0.3, 0.4) is 0 Å². The van der Waals surface area contributed by atoms with Crippen molar-refractivity contribution in [3.63, 3.8) is 0 Å². The third-order valence-corrected chi connectivity index (χ3v) is 2.96. The van der Waals surface area contributed by atoms with E-state index in [1.54, 1.807) is 0 Å². The van der Waals surface area contributed by atoms with Gasteiger partial charge in [0.2, 0.25) is 0 Å². The van der Waals surface area contributed by atoms with Gasteiger partial charge in [-0.1, -0.05) is 0 Å². The van der Waals surface area contributed by atoms with Crippen LogP contribution < -0.4 is 0 Å². The highest BCUT2D eigenvalue weighted by Crippen LogP contribution is 2.20. The summed E-state index contributed by atoms with van der Waals surface area (Å²) in [6, 6.07) is 0. The van der Waals surface area contributed by atoms with Crippen LogP contribution in [-0.2, 0) is 24.2 Å². The topological polar surface area (TPSA) is 55.1 Å². The maximum Gasteiger partial charge on any atom is 0.303 e. The number of rotatable bonds is 3. The Morgan fingerprint density at radius 3 is 3.07 bits per heavy atom. The van der Waals surface area contributed by atoms with Crippen molar-refractivity contribution >= 4 is 5.97 Å². The molecule has 0 spiro atoms. The number of imidazole rings is 1. The fraction of sp³-hybridized carbons (Fsp3) is 0.636.